The Bertz CT molecular complexity index is 528. The van der Waals surface area contributed by atoms with Crippen molar-refractivity contribution in [2.24, 2.45) is 0 Å². The lowest BCUT2D eigenvalue weighted by molar-refractivity contribution is 0.0696. The van der Waals surface area contributed by atoms with Crippen molar-refractivity contribution in [3.8, 4) is 0 Å². The van der Waals surface area contributed by atoms with Gasteiger partial charge in [-0.3, -0.25) is 0 Å². The molecule has 2 rings (SSSR count). The molecule has 0 amide bonds. The summed E-state index contributed by atoms with van der Waals surface area (Å²) in [6, 6.07) is 3.38. The number of halogens is 1. The highest BCUT2D eigenvalue weighted by Gasteiger charge is 2.08. The number of carboxylic acid groups (broad SMARTS) is 1. The number of pyridine rings is 1. The maximum Gasteiger partial charge on any atom is 0.337 e. The van der Waals surface area contributed by atoms with Gasteiger partial charge in [-0.2, -0.15) is 11.3 Å². The zero-order valence-corrected chi connectivity index (χ0v) is 10.3. The first-order valence-corrected chi connectivity index (χ1v) is 6.12. The van der Waals surface area contributed by atoms with Gasteiger partial charge in [0.25, 0.3) is 0 Å². The molecule has 2 aromatic rings. The predicted molar refractivity (Wildman–Crippen MR) is 67.9 cm³/mol. The quantitative estimate of drug-likeness (QED) is 0.894. The summed E-state index contributed by atoms with van der Waals surface area (Å²) in [6.45, 7) is 0.614. The van der Waals surface area contributed by atoms with Crippen molar-refractivity contribution in [2.75, 3.05) is 5.32 Å². The maximum atomic E-state index is 10.7. The number of anilines is 1. The smallest absolute Gasteiger partial charge is 0.337 e. The normalized spacial score (nSPS) is 10.2. The second-order valence-electron chi connectivity index (χ2n) is 3.34. The molecule has 2 N–H and O–H groups in total. The number of nitrogens with one attached hydrogen (secondary N) is 1. The number of carbonyl (C=O) groups is 1. The Morgan fingerprint density at radius 1 is 1.59 bits per heavy atom. The molecule has 2 heterocycles. The molecule has 0 aliphatic carbocycles. The number of aromatic carboxylic acids is 1. The summed E-state index contributed by atoms with van der Waals surface area (Å²) in [6.07, 6.45) is 1.28. The first-order chi connectivity index (χ1) is 8.16. The molecule has 0 fully saturated rings. The van der Waals surface area contributed by atoms with Crippen molar-refractivity contribution in [2.45, 2.75) is 6.54 Å². The molecule has 17 heavy (non-hydrogen) atoms. The number of hydrogen-bond donors (Lipinski definition) is 2. The summed E-state index contributed by atoms with van der Waals surface area (Å²) in [5.41, 5.74) is 1.21. The fourth-order valence-corrected chi connectivity index (χ4v) is 2.17. The Hall–Kier alpha value is -1.59. The monoisotopic (exact) mass is 268 g/mol. The van der Waals surface area contributed by atoms with Crippen LogP contribution in [0.4, 0.5) is 5.82 Å². The largest absolute Gasteiger partial charge is 0.478 e. The van der Waals surface area contributed by atoms with Gasteiger partial charge in [-0.15, -0.1) is 0 Å². The standard InChI is InChI=1S/C11H9ClN2O2S/c12-9-3-8(11(15)16)5-14-10(9)13-4-7-1-2-17-6-7/h1-3,5-6H,4H2,(H,13,14)(H,15,16). The van der Waals surface area contributed by atoms with Crippen molar-refractivity contribution in [3.63, 3.8) is 0 Å². The van der Waals surface area contributed by atoms with Gasteiger partial charge < -0.3 is 10.4 Å². The van der Waals surface area contributed by atoms with Crippen LogP contribution in [0.2, 0.25) is 5.02 Å². The third-order valence-electron chi connectivity index (χ3n) is 2.13. The highest BCUT2D eigenvalue weighted by atomic mass is 35.5. The number of nitrogens with zero attached hydrogens (tertiary/aromatic N) is 1. The van der Waals surface area contributed by atoms with Gasteiger partial charge in [0.15, 0.2) is 0 Å². The number of thiophene rings is 1. The van der Waals surface area contributed by atoms with Gasteiger partial charge in [-0.1, -0.05) is 11.6 Å². The van der Waals surface area contributed by atoms with Crippen LogP contribution in [-0.4, -0.2) is 16.1 Å². The van der Waals surface area contributed by atoms with Crippen molar-refractivity contribution >= 4 is 34.7 Å². The minimum absolute atomic E-state index is 0.0797. The van der Waals surface area contributed by atoms with Crippen molar-refractivity contribution in [1.82, 2.24) is 4.98 Å². The van der Waals surface area contributed by atoms with Crippen LogP contribution < -0.4 is 5.32 Å². The Morgan fingerprint density at radius 3 is 3.00 bits per heavy atom. The van der Waals surface area contributed by atoms with Gasteiger partial charge in [-0.05, 0) is 28.5 Å². The molecule has 0 saturated heterocycles. The molecule has 0 radical (unpaired) electrons. The molecule has 0 spiro atoms. The van der Waals surface area contributed by atoms with Crippen LogP contribution in [0.3, 0.4) is 0 Å². The molecule has 6 heteroatoms. The molecule has 2 aromatic heterocycles. The van der Waals surface area contributed by atoms with E-state index in [0.717, 1.165) is 5.56 Å². The molecule has 0 atom stereocenters. The Labute approximate surface area is 107 Å². The summed E-state index contributed by atoms with van der Waals surface area (Å²) in [7, 11) is 0. The van der Waals surface area contributed by atoms with Gasteiger partial charge in [0.05, 0.1) is 10.6 Å². The van der Waals surface area contributed by atoms with Crippen molar-refractivity contribution in [1.29, 1.82) is 0 Å². The fraction of sp³-hybridized carbons (Fsp3) is 0.0909. The second-order valence-corrected chi connectivity index (χ2v) is 4.53. The molecule has 0 aliphatic heterocycles. The summed E-state index contributed by atoms with van der Waals surface area (Å²) in [5, 5.41) is 16.1. The van der Waals surface area contributed by atoms with E-state index < -0.39 is 5.97 Å². The Kier molecular flexibility index (Phi) is 3.61. The zero-order chi connectivity index (χ0) is 12.3. The first kappa shape index (κ1) is 11.9. The van der Waals surface area contributed by atoms with Crippen molar-refractivity contribution < 1.29 is 9.90 Å². The molecule has 0 aliphatic rings. The van der Waals surface area contributed by atoms with E-state index in [4.69, 9.17) is 16.7 Å². The van der Waals surface area contributed by atoms with Gasteiger partial charge in [0, 0.05) is 12.7 Å². The van der Waals surface area contributed by atoms with Crippen LogP contribution >= 0.6 is 22.9 Å². The maximum absolute atomic E-state index is 10.7. The third kappa shape index (κ3) is 2.95. The summed E-state index contributed by atoms with van der Waals surface area (Å²) < 4.78 is 0. The van der Waals surface area contributed by atoms with Crippen LogP contribution in [0.25, 0.3) is 0 Å². The van der Waals surface area contributed by atoms with E-state index in [2.05, 4.69) is 10.3 Å². The number of hydrogen-bond acceptors (Lipinski definition) is 4. The van der Waals surface area contributed by atoms with E-state index >= 15 is 0 Å². The molecule has 0 aromatic carbocycles. The van der Waals surface area contributed by atoms with E-state index in [-0.39, 0.29) is 5.56 Å². The molecular weight excluding hydrogens is 260 g/mol. The minimum Gasteiger partial charge on any atom is -0.478 e. The number of carboxylic acids is 1. The zero-order valence-electron chi connectivity index (χ0n) is 8.68. The summed E-state index contributed by atoms with van der Waals surface area (Å²) in [4.78, 5) is 14.7. The van der Waals surface area contributed by atoms with Gasteiger partial charge in [0.1, 0.15) is 5.82 Å². The summed E-state index contributed by atoms with van der Waals surface area (Å²) >= 11 is 7.54. The van der Waals surface area contributed by atoms with Gasteiger partial charge >= 0.3 is 5.97 Å². The van der Waals surface area contributed by atoms with Gasteiger partial charge in [0.2, 0.25) is 0 Å². The topological polar surface area (TPSA) is 62.2 Å². The lowest BCUT2D eigenvalue weighted by Gasteiger charge is -2.06. The van der Waals surface area contributed by atoms with E-state index in [1.165, 1.54) is 12.3 Å². The molecule has 0 bridgehead atoms. The molecule has 88 valence electrons. The van der Waals surface area contributed by atoms with E-state index in [0.29, 0.717) is 17.4 Å². The number of rotatable bonds is 4. The van der Waals surface area contributed by atoms with Crippen LogP contribution in [0.1, 0.15) is 15.9 Å². The van der Waals surface area contributed by atoms with E-state index in [9.17, 15) is 4.79 Å². The Balaban J connectivity index is 2.09. The van der Waals surface area contributed by atoms with Gasteiger partial charge in [-0.25, -0.2) is 9.78 Å². The Morgan fingerprint density at radius 2 is 2.41 bits per heavy atom. The molecule has 0 saturated carbocycles. The van der Waals surface area contributed by atoms with Crippen LogP contribution in [0, 0.1) is 0 Å². The van der Waals surface area contributed by atoms with Crippen molar-refractivity contribution in [3.05, 3.63) is 45.2 Å². The average molecular weight is 269 g/mol. The van der Waals surface area contributed by atoms with Crippen LogP contribution in [-0.2, 0) is 6.54 Å². The molecule has 4 nitrogen and oxygen atoms in total. The lowest BCUT2D eigenvalue weighted by Crippen LogP contribution is -2.03. The SMILES string of the molecule is O=C(O)c1cnc(NCc2ccsc2)c(Cl)c1. The fourth-order valence-electron chi connectivity index (χ4n) is 1.26. The van der Waals surface area contributed by atoms with E-state index in [1.807, 2.05) is 16.8 Å². The highest BCUT2D eigenvalue weighted by Crippen LogP contribution is 2.21. The third-order valence-corrected chi connectivity index (χ3v) is 3.15. The van der Waals surface area contributed by atoms with Crippen LogP contribution in [0.5, 0.6) is 0 Å². The second kappa shape index (κ2) is 5.16. The molecular formula is C11H9ClN2O2S. The number of aromatic nitrogens is 1. The van der Waals surface area contributed by atoms with Crippen LogP contribution in [0.15, 0.2) is 29.1 Å². The van der Waals surface area contributed by atoms with E-state index in [1.54, 1.807) is 11.3 Å². The average Bonchev–Trinajstić information content (AvgIpc) is 2.80. The lowest BCUT2D eigenvalue weighted by atomic mass is 10.3. The first-order valence-electron chi connectivity index (χ1n) is 4.80. The highest BCUT2D eigenvalue weighted by molar-refractivity contribution is 7.07. The predicted octanol–water partition coefficient (Wildman–Crippen LogP) is 3.11. The molecule has 0 unspecified atom stereocenters. The summed E-state index contributed by atoms with van der Waals surface area (Å²) in [5.74, 6) is -0.549. The minimum atomic E-state index is -1.04.